The van der Waals surface area contributed by atoms with Crippen molar-refractivity contribution in [3.8, 4) is 0 Å². The minimum atomic E-state index is 0.124. The van der Waals surface area contributed by atoms with Gasteiger partial charge in [-0.1, -0.05) is 28.1 Å². The summed E-state index contributed by atoms with van der Waals surface area (Å²) in [6, 6.07) is 8.51. The third-order valence-corrected chi connectivity index (χ3v) is 3.83. The average Bonchev–Trinajstić information content (AvgIpc) is 2.41. The Morgan fingerprint density at radius 3 is 2.50 bits per heavy atom. The maximum Gasteiger partial charge on any atom is 0.0701 e. The molecule has 1 fully saturated rings. The molecule has 0 saturated carbocycles. The summed E-state index contributed by atoms with van der Waals surface area (Å²) in [6.07, 6.45) is 2.46. The molecule has 18 heavy (non-hydrogen) atoms. The monoisotopic (exact) mass is 313 g/mol. The van der Waals surface area contributed by atoms with Crippen molar-refractivity contribution < 1.29 is 9.84 Å². The van der Waals surface area contributed by atoms with E-state index in [1.165, 1.54) is 5.56 Å². The van der Waals surface area contributed by atoms with Crippen molar-refractivity contribution in [2.45, 2.75) is 25.5 Å². The summed E-state index contributed by atoms with van der Waals surface area (Å²) in [5, 5.41) is 8.73. The number of likely N-dealkylation sites (tertiary alicyclic amines) is 1. The smallest absolute Gasteiger partial charge is 0.0701 e. The van der Waals surface area contributed by atoms with Gasteiger partial charge in [0.2, 0.25) is 0 Å². The fourth-order valence-corrected chi connectivity index (χ4v) is 2.57. The molecule has 4 heteroatoms. The van der Waals surface area contributed by atoms with E-state index in [9.17, 15) is 0 Å². The van der Waals surface area contributed by atoms with E-state index in [1.807, 2.05) is 0 Å². The number of halogens is 1. The van der Waals surface area contributed by atoms with E-state index in [0.29, 0.717) is 12.7 Å². The van der Waals surface area contributed by atoms with E-state index in [-0.39, 0.29) is 6.61 Å². The van der Waals surface area contributed by atoms with Gasteiger partial charge in [0, 0.05) is 24.1 Å². The molecule has 0 aromatic heterocycles. The van der Waals surface area contributed by atoms with E-state index in [1.54, 1.807) is 0 Å². The van der Waals surface area contributed by atoms with Gasteiger partial charge in [0.1, 0.15) is 0 Å². The molecule has 0 bridgehead atoms. The highest BCUT2D eigenvalue weighted by molar-refractivity contribution is 9.10. The standard InChI is InChI=1S/C14H20BrNO2/c15-13-3-1-12(2-4-13)11-16-7-5-14(6-8-16)18-10-9-17/h1-4,14,17H,5-11H2. The molecule has 1 heterocycles. The maximum atomic E-state index is 8.73. The van der Waals surface area contributed by atoms with Gasteiger partial charge in [-0.2, -0.15) is 0 Å². The molecular formula is C14H20BrNO2. The number of benzene rings is 1. The van der Waals surface area contributed by atoms with Crippen LogP contribution in [0.1, 0.15) is 18.4 Å². The highest BCUT2D eigenvalue weighted by Crippen LogP contribution is 2.17. The molecule has 100 valence electrons. The number of nitrogens with zero attached hydrogens (tertiary/aromatic N) is 1. The molecular weight excluding hydrogens is 294 g/mol. The quantitative estimate of drug-likeness (QED) is 0.906. The van der Waals surface area contributed by atoms with Gasteiger partial charge in [0.05, 0.1) is 19.3 Å². The molecule has 1 saturated heterocycles. The first-order valence-corrected chi connectivity index (χ1v) is 7.26. The van der Waals surface area contributed by atoms with Gasteiger partial charge < -0.3 is 9.84 Å². The van der Waals surface area contributed by atoms with E-state index in [4.69, 9.17) is 9.84 Å². The van der Waals surface area contributed by atoms with Crippen molar-refractivity contribution in [1.29, 1.82) is 0 Å². The third kappa shape index (κ3) is 4.35. The molecule has 2 rings (SSSR count). The SMILES string of the molecule is OCCOC1CCN(Cc2ccc(Br)cc2)CC1. The number of hydrogen-bond donors (Lipinski definition) is 1. The van der Waals surface area contributed by atoms with E-state index >= 15 is 0 Å². The number of aliphatic hydroxyl groups is 1. The van der Waals surface area contributed by atoms with Crippen molar-refractivity contribution in [2.75, 3.05) is 26.3 Å². The summed E-state index contributed by atoms with van der Waals surface area (Å²) in [7, 11) is 0. The Hall–Kier alpha value is -0.420. The van der Waals surface area contributed by atoms with Crippen LogP contribution in [0.5, 0.6) is 0 Å². The van der Waals surface area contributed by atoms with Crippen LogP contribution in [-0.2, 0) is 11.3 Å². The van der Waals surface area contributed by atoms with Crippen LogP contribution < -0.4 is 0 Å². The number of hydrogen-bond acceptors (Lipinski definition) is 3. The molecule has 1 aromatic carbocycles. The zero-order chi connectivity index (χ0) is 12.8. The molecule has 0 radical (unpaired) electrons. The van der Waals surface area contributed by atoms with Crippen molar-refractivity contribution in [2.24, 2.45) is 0 Å². The molecule has 1 aromatic rings. The van der Waals surface area contributed by atoms with Crippen LogP contribution in [0.4, 0.5) is 0 Å². The van der Waals surface area contributed by atoms with Gasteiger partial charge in [0.25, 0.3) is 0 Å². The number of aliphatic hydroxyl groups excluding tert-OH is 1. The molecule has 1 aliphatic rings. The van der Waals surface area contributed by atoms with E-state index < -0.39 is 0 Å². The van der Waals surface area contributed by atoms with E-state index in [0.717, 1.165) is 36.9 Å². The fraction of sp³-hybridized carbons (Fsp3) is 0.571. The first-order valence-electron chi connectivity index (χ1n) is 6.47. The highest BCUT2D eigenvalue weighted by atomic mass is 79.9. The Morgan fingerprint density at radius 2 is 1.89 bits per heavy atom. The lowest BCUT2D eigenvalue weighted by molar-refractivity contribution is -0.00901. The maximum absolute atomic E-state index is 8.73. The van der Waals surface area contributed by atoms with Crippen LogP contribution >= 0.6 is 15.9 Å². The normalized spacial score (nSPS) is 18.1. The van der Waals surface area contributed by atoms with Gasteiger partial charge in [-0.05, 0) is 30.5 Å². The minimum Gasteiger partial charge on any atom is -0.394 e. The molecule has 0 aliphatic carbocycles. The third-order valence-electron chi connectivity index (χ3n) is 3.30. The molecule has 0 unspecified atom stereocenters. The summed E-state index contributed by atoms with van der Waals surface area (Å²) >= 11 is 3.45. The van der Waals surface area contributed by atoms with Crippen LogP contribution in [0.2, 0.25) is 0 Å². The van der Waals surface area contributed by atoms with E-state index in [2.05, 4.69) is 45.1 Å². The second-order valence-corrected chi connectivity index (χ2v) is 5.61. The van der Waals surface area contributed by atoms with Crippen molar-refractivity contribution in [3.05, 3.63) is 34.3 Å². The first kappa shape index (κ1) is 14.0. The summed E-state index contributed by atoms with van der Waals surface area (Å²) in [5.74, 6) is 0. The van der Waals surface area contributed by atoms with Crippen LogP contribution in [0.15, 0.2) is 28.7 Å². The Balaban J connectivity index is 1.74. The predicted molar refractivity (Wildman–Crippen MR) is 75.5 cm³/mol. The Labute approximate surface area is 117 Å². The molecule has 0 spiro atoms. The number of ether oxygens (including phenoxy) is 1. The van der Waals surface area contributed by atoms with Crippen molar-refractivity contribution in [1.82, 2.24) is 4.90 Å². The molecule has 0 atom stereocenters. The number of piperidine rings is 1. The largest absolute Gasteiger partial charge is 0.394 e. The van der Waals surface area contributed by atoms with Crippen molar-refractivity contribution in [3.63, 3.8) is 0 Å². The molecule has 1 aliphatic heterocycles. The molecule has 1 N–H and O–H groups in total. The van der Waals surface area contributed by atoms with Crippen LogP contribution in [0.3, 0.4) is 0 Å². The summed E-state index contributed by atoms with van der Waals surface area (Å²) in [5.41, 5.74) is 1.35. The zero-order valence-corrected chi connectivity index (χ0v) is 12.1. The summed E-state index contributed by atoms with van der Waals surface area (Å²) in [6.45, 7) is 3.76. The summed E-state index contributed by atoms with van der Waals surface area (Å²) in [4.78, 5) is 2.46. The van der Waals surface area contributed by atoms with Gasteiger partial charge in [-0.25, -0.2) is 0 Å². The number of rotatable bonds is 5. The van der Waals surface area contributed by atoms with Gasteiger partial charge in [-0.3, -0.25) is 4.90 Å². The predicted octanol–water partition coefficient (Wildman–Crippen LogP) is 2.42. The minimum absolute atomic E-state index is 0.124. The Kier molecular flexibility index (Phi) is 5.63. The average molecular weight is 314 g/mol. The zero-order valence-electron chi connectivity index (χ0n) is 10.5. The topological polar surface area (TPSA) is 32.7 Å². The van der Waals surface area contributed by atoms with Crippen molar-refractivity contribution >= 4 is 15.9 Å². The fourth-order valence-electron chi connectivity index (χ4n) is 2.30. The van der Waals surface area contributed by atoms with Gasteiger partial charge in [-0.15, -0.1) is 0 Å². The van der Waals surface area contributed by atoms with Crippen LogP contribution in [0, 0.1) is 0 Å². The van der Waals surface area contributed by atoms with Crippen LogP contribution in [0.25, 0.3) is 0 Å². The second-order valence-electron chi connectivity index (χ2n) is 4.70. The Bertz CT molecular complexity index is 347. The first-order chi connectivity index (χ1) is 8.78. The van der Waals surface area contributed by atoms with Crippen LogP contribution in [-0.4, -0.2) is 42.4 Å². The Morgan fingerprint density at radius 1 is 1.22 bits per heavy atom. The molecule has 0 amide bonds. The highest BCUT2D eigenvalue weighted by Gasteiger charge is 2.19. The second kappa shape index (κ2) is 7.24. The van der Waals surface area contributed by atoms with Gasteiger partial charge in [0.15, 0.2) is 0 Å². The summed E-state index contributed by atoms with van der Waals surface area (Å²) < 4.78 is 6.69. The lowest BCUT2D eigenvalue weighted by atomic mass is 10.1. The molecule has 3 nitrogen and oxygen atoms in total. The lowest BCUT2D eigenvalue weighted by Crippen LogP contribution is -2.36. The van der Waals surface area contributed by atoms with Gasteiger partial charge >= 0.3 is 0 Å². The lowest BCUT2D eigenvalue weighted by Gasteiger charge is -2.31.